The van der Waals surface area contributed by atoms with Gasteiger partial charge in [-0.3, -0.25) is 4.98 Å². The molecule has 94 valence electrons. The molecule has 3 N–H and O–H groups in total. The number of anilines is 1. The van der Waals surface area contributed by atoms with E-state index in [1.54, 1.807) is 12.4 Å². The van der Waals surface area contributed by atoms with Crippen molar-refractivity contribution in [2.24, 2.45) is 5.84 Å². The molecule has 0 aliphatic carbocycles. The van der Waals surface area contributed by atoms with E-state index in [1.807, 2.05) is 37.3 Å². The second-order valence-electron chi connectivity index (χ2n) is 3.90. The maximum atomic E-state index is 5.73. The van der Waals surface area contributed by atoms with Crippen molar-refractivity contribution >= 4 is 5.82 Å². The topological polar surface area (TPSA) is 73.1 Å². The van der Waals surface area contributed by atoms with Gasteiger partial charge in [-0.1, -0.05) is 30.3 Å². The summed E-state index contributed by atoms with van der Waals surface area (Å²) >= 11 is 0. The molecule has 18 heavy (non-hydrogen) atoms. The summed E-state index contributed by atoms with van der Waals surface area (Å²) < 4.78 is 5.73. The molecule has 0 bridgehead atoms. The standard InChI is InChI=1S/C13H16N4O/c1-10(11-5-3-2-4-6-11)18-9-12-7-16-13(17-14)8-15-12/h2-8,10H,9,14H2,1H3,(H,16,17). The highest BCUT2D eigenvalue weighted by molar-refractivity contribution is 5.28. The van der Waals surface area contributed by atoms with Gasteiger partial charge in [0.25, 0.3) is 0 Å². The molecule has 1 aromatic carbocycles. The molecule has 0 radical (unpaired) electrons. The highest BCUT2D eigenvalue weighted by atomic mass is 16.5. The molecule has 0 aliphatic rings. The minimum Gasteiger partial charge on any atom is -0.367 e. The molecule has 0 amide bonds. The van der Waals surface area contributed by atoms with Gasteiger partial charge in [-0.05, 0) is 12.5 Å². The number of ether oxygens (including phenoxy) is 1. The first-order valence-electron chi connectivity index (χ1n) is 5.73. The molecule has 2 rings (SSSR count). The summed E-state index contributed by atoms with van der Waals surface area (Å²) in [6.45, 7) is 2.44. The number of hydrazine groups is 1. The average molecular weight is 244 g/mol. The van der Waals surface area contributed by atoms with Crippen LogP contribution >= 0.6 is 0 Å². The van der Waals surface area contributed by atoms with Gasteiger partial charge < -0.3 is 10.2 Å². The number of rotatable bonds is 5. The van der Waals surface area contributed by atoms with E-state index in [0.29, 0.717) is 12.4 Å². The molecule has 1 atom stereocenters. The van der Waals surface area contributed by atoms with Gasteiger partial charge in [-0.25, -0.2) is 10.8 Å². The largest absolute Gasteiger partial charge is 0.367 e. The Bertz CT molecular complexity index is 472. The lowest BCUT2D eigenvalue weighted by Gasteiger charge is -2.12. The predicted molar refractivity (Wildman–Crippen MR) is 69.5 cm³/mol. The number of aromatic nitrogens is 2. The zero-order chi connectivity index (χ0) is 12.8. The summed E-state index contributed by atoms with van der Waals surface area (Å²) in [5, 5.41) is 0. The molecule has 1 heterocycles. The van der Waals surface area contributed by atoms with Crippen LogP contribution in [0, 0.1) is 0 Å². The van der Waals surface area contributed by atoms with E-state index in [0.717, 1.165) is 11.3 Å². The van der Waals surface area contributed by atoms with E-state index >= 15 is 0 Å². The molecular weight excluding hydrogens is 228 g/mol. The second-order valence-corrected chi connectivity index (χ2v) is 3.90. The second kappa shape index (κ2) is 6.09. The smallest absolute Gasteiger partial charge is 0.158 e. The first-order valence-corrected chi connectivity index (χ1v) is 5.73. The number of benzene rings is 1. The first kappa shape index (κ1) is 12.5. The van der Waals surface area contributed by atoms with Crippen LogP contribution in [-0.2, 0) is 11.3 Å². The first-order chi connectivity index (χ1) is 8.79. The third kappa shape index (κ3) is 3.26. The van der Waals surface area contributed by atoms with Crippen LogP contribution in [-0.4, -0.2) is 9.97 Å². The van der Waals surface area contributed by atoms with Crippen LogP contribution in [0.25, 0.3) is 0 Å². The zero-order valence-corrected chi connectivity index (χ0v) is 10.2. The molecule has 0 spiro atoms. The van der Waals surface area contributed by atoms with E-state index in [9.17, 15) is 0 Å². The third-order valence-electron chi connectivity index (χ3n) is 2.60. The van der Waals surface area contributed by atoms with Crippen LogP contribution in [0.15, 0.2) is 42.7 Å². The Morgan fingerprint density at radius 2 is 2.00 bits per heavy atom. The van der Waals surface area contributed by atoms with Crippen molar-refractivity contribution in [2.75, 3.05) is 5.43 Å². The fraction of sp³-hybridized carbons (Fsp3) is 0.231. The number of nitrogen functional groups attached to an aromatic ring is 1. The molecule has 1 aromatic heterocycles. The van der Waals surface area contributed by atoms with Crippen LogP contribution in [0.4, 0.5) is 5.82 Å². The Morgan fingerprint density at radius 1 is 1.22 bits per heavy atom. The van der Waals surface area contributed by atoms with Crippen LogP contribution in [0.1, 0.15) is 24.3 Å². The van der Waals surface area contributed by atoms with Crippen molar-refractivity contribution in [3.05, 3.63) is 54.0 Å². The van der Waals surface area contributed by atoms with Crippen molar-refractivity contribution in [3.8, 4) is 0 Å². The Kier molecular flexibility index (Phi) is 4.22. The van der Waals surface area contributed by atoms with Crippen molar-refractivity contribution < 1.29 is 4.74 Å². The van der Waals surface area contributed by atoms with Gasteiger partial charge in [-0.2, -0.15) is 0 Å². The highest BCUT2D eigenvalue weighted by Crippen LogP contribution is 2.17. The van der Waals surface area contributed by atoms with Crippen LogP contribution in [0.5, 0.6) is 0 Å². The van der Waals surface area contributed by atoms with E-state index in [-0.39, 0.29) is 6.10 Å². The molecular formula is C13H16N4O. The maximum absolute atomic E-state index is 5.73. The lowest BCUT2D eigenvalue weighted by Crippen LogP contribution is -2.09. The number of hydrogen-bond acceptors (Lipinski definition) is 5. The average Bonchev–Trinajstić information content (AvgIpc) is 2.46. The molecule has 5 nitrogen and oxygen atoms in total. The van der Waals surface area contributed by atoms with Crippen molar-refractivity contribution in [2.45, 2.75) is 19.6 Å². The Labute approximate surface area is 106 Å². The molecule has 0 aliphatic heterocycles. The normalized spacial score (nSPS) is 12.1. The molecule has 0 saturated carbocycles. The lowest BCUT2D eigenvalue weighted by atomic mass is 10.1. The zero-order valence-electron chi connectivity index (χ0n) is 10.2. The van der Waals surface area contributed by atoms with Gasteiger partial charge in [-0.15, -0.1) is 0 Å². The van der Waals surface area contributed by atoms with Crippen LogP contribution in [0.3, 0.4) is 0 Å². The molecule has 5 heteroatoms. The third-order valence-corrected chi connectivity index (χ3v) is 2.60. The Hall–Kier alpha value is -1.98. The van der Waals surface area contributed by atoms with Gasteiger partial charge in [0.15, 0.2) is 5.82 Å². The summed E-state index contributed by atoms with van der Waals surface area (Å²) in [5.74, 6) is 5.75. The summed E-state index contributed by atoms with van der Waals surface area (Å²) in [6, 6.07) is 10.1. The van der Waals surface area contributed by atoms with E-state index in [4.69, 9.17) is 10.6 Å². The van der Waals surface area contributed by atoms with Crippen molar-refractivity contribution in [1.29, 1.82) is 0 Å². The quantitative estimate of drug-likeness (QED) is 0.622. The fourth-order valence-electron chi connectivity index (χ4n) is 1.53. The van der Waals surface area contributed by atoms with Gasteiger partial charge in [0, 0.05) is 0 Å². The Balaban J connectivity index is 1.91. The summed E-state index contributed by atoms with van der Waals surface area (Å²) in [7, 11) is 0. The summed E-state index contributed by atoms with van der Waals surface area (Å²) in [4.78, 5) is 8.25. The van der Waals surface area contributed by atoms with E-state index in [2.05, 4.69) is 15.4 Å². The molecule has 0 saturated heterocycles. The lowest BCUT2D eigenvalue weighted by molar-refractivity contribution is 0.0504. The highest BCUT2D eigenvalue weighted by Gasteiger charge is 2.05. The molecule has 0 fully saturated rings. The SMILES string of the molecule is CC(OCc1cnc(NN)cn1)c1ccccc1. The maximum Gasteiger partial charge on any atom is 0.158 e. The number of nitrogens with two attached hydrogens (primary N) is 1. The van der Waals surface area contributed by atoms with Crippen molar-refractivity contribution in [3.63, 3.8) is 0 Å². The van der Waals surface area contributed by atoms with Crippen molar-refractivity contribution in [1.82, 2.24) is 9.97 Å². The monoisotopic (exact) mass is 244 g/mol. The number of nitrogens with zero attached hydrogens (tertiary/aromatic N) is 2. The van der Waals surface area contributed by atoms with E-state index in [1.165, 1.54) is 0 Å². The Morgan fingerprint density at radius 3 is 2.61 bits per heavy atom. The minimum absolute atomic E-state index is 0.0281. The van der Waals surface area contributed by atoms with Crippen LogP contribution < -0.4 is 11.3 Å². The molecule has 2 aromatic rings. The van der Waals surface area contributed by atoms with Gasteiger partial charge >= 0.3 is 0 Å². The minimum atomic E-state index is 0.0281. The van der Waals surface area contributed by atoms with Gasteiger partial charge in [0.2, 0.25) is 0 Å². The number of hydrogen-bond donors (Lipinski definition) is 2. The van der Waals surface area contributed by atoms with E-state index < -0.39 is 0 Å². The van der Waals surface area contributed by atoms with Gasteiger partial charge in [0.05, 0.1) is 30.8 Å². The van der Waals surface area contributed by atoms with Crippen LogP contribution in [0.2, 0.25) is 0 Å². The summed E-state index contributed by atoms with van der Waals surface area (Å²) in [5.41, 5.74) is 4.35. The predicted octanol–water partition coefficient (Wildman–Crippen LogP) is 2.04. The van der Waals surface area contributed by atoms with Gasteiger partial charge in [0.1, 0.15) is 0 Å². The summed E-state index contributed by atoms with van der Waals surface area (Å²) in [6.07, 6.45) is 3.25. The number of nitrogens with one attached hydrogen (secondary N) is 1. The molecule has 1 unspecified atom stereocenters. The fourth-order valence-corrected chi connectivity index (χ4v) is 1.53.